The van der Waals surface area contributed by atoms with E-state index in [1.54, 1.807) is 24.3 Å². The van der Waals surface area contributed by atoms with Crippen molar-refractivity contribution in [2.75, 3.05) is 11.6 Å². The van der Waals surface area contributed by atoms with Crippen LogP contribution < -0.4 is 4.90 Å². The van der Waals surface area contributed by atoms with Gasteiger partial charge in [0.05, 0.1) is 22.5 Å². The summed E-state index contributed by atoms with van der Waals surface area (Å²) in [6, 6.07) is 6.98. The van der Waals surface area contributed by atoms with E-state index in [2.05, 4.69) is 12.2 Å². The van der Waals surface area contributed by atoms with Crippen LogP contribution in [0.5, 0.6) is 0 Å². The van der Waals surface area contributed by atoms with E-state index in [9.17, 15) is 14.4 Å². The number of para-hydroxylation sites is 1. The molecule has 134 valence electrons. The topological polar surface area (TPSA) is 57.7 Å². The highest BCUT2D eigenvalue weighted by atomic mass is 35.5. The van der Waals surface area contributed by atoms with Crippen molar-refractivity contribution in [3.63, 3.8) is 0 Å². The van der Waals surface area contributed by atoms with Gasteiger partial charge >= 0.3 is 0 Å². The third kappa shape index (κ3) is 2.07. The van der Waals surface area contributed by atoms with Crippen LogP contribution in [0.2, 0.25) is 5.02 Å². The fourth-order valence-corrected chi connectivity index (χ4v) is 5.55. The van der Waals surface area contributed by atoms with Gasteiger partial charge in [-0.25, -0.2) is 0 Å². The number of nitrogens with zero attached hydrogens (tertiary/aromatic N) is 2. The monoisotopic (exact) mass is 370 g/mol. The van der Waals surface area contributed by atoms with Crippen LogP contribution in [-0.2, 0) is 14.4 Å². The first-order valence-electron chi connectivity index (χ1n) is 9.05. The normalized spacial score (nSPS) is 36.2. The number of benzene rings is 1. The van der Waals surface area contributed by atoms with Crippen molar-refractivity contribution in [1.29, 1.82) is 0 Å². The quantitative estimate of drug-likeness (QED) is 0.607. The van der Waals surface area contributed by atoms with Gasteiger partial charge in [0.25, 0.3) is 0 Å². The Balaban J connectivity index is 1.46. The third-order valence-corrected chi connectivity index (χ3v) is 6.88. The van der Waals surface area contributed by atoms with E-state index in [4.69, 9.17) is 11.6 Å². The van der Waals surface area contributed by atoms with Crippen LogP contribution in [0.25, 0.3) is 0 Å². The number of amides is 3. The summed E-state index contributed by atoms with van der Waals surface area (Å²) in [5, 5.41) is 0.419. The molecule has 6 atom stereocenters. The zero-order chi connectivity index (χ0) is 18.2. The molecule has 0 spiro atoms. The van der Waals surface area contributed by atoms with Crippen molar-refractivity contribution in [1.82, 2.24) is 4.90 Å². The molecule has 6 heteroatoms. The number of hydrogen-bond acceptors (Lipinski definition) is 3. The maximum Gasteiger partial charge on any atom is 0.235 e. The van der Waals surface area contributed by atoms with E-state index in [0.29, 0.717) is 22.5 Å². The molecule has 26 heavy (non-hydrogen) atoms. The zero-order valence-electron chi connectivity index (χ0n) is 14.3. The van der Waals surface area contributed by atoms with Crippen molar-refractivity contribution >= 4 is 35.0 Å². The van der Waals surface area contributed by atoms with Gasteiger partial charge in [-0.2, -0.15) is 0 Å². The van der Waals surface area contributed by atoms with Crippen LogP contribution in [0.1, 0.15) is 13.3 Å². The molecule has 2 bridgehead atoms. The van der Waals surface area contributed by atoms with E-state index >= 15 is 0 Å². The van der Waals surface area contributed by atoms with Crippen LogP contribution in [0, 0.1) is 35.5 Å². The lowest BCUT2D eigenvalue weighted by atomic mass is 9.63. The number of halogens is 1. The van der Waals surface area contributed by atoms with Gasteiger partial charge in [-0.05, 0) is 42.2 Å². The van der Waals surface area contributed by atoms with Crippen molar-refractivity contribution in [3.05, 3.63) is 41.4 Å². The molecule has 6 rings (SSSR count). The third-order valence-electron chi connectivity index (χ3n) is 6.56. The molecule has 0 N–H and O–H groups in total. The Hall–Kier alpha value is -2.14. The smallest absolute Gasteiger partial charge is 0.235 e. The highest BCUT2D eigenvalue weighted by Crippen LogP contribution is 2.65. The summed E-state index contributed by atoms with van der Waals surface area (Å²) in [7, 11) is 0. The van der Waals surface area contributed by atoms with Gasteiger partial charge < -0.3 is 0 Å². The van der Waals surface area contributed by atoms with Gasteiger partial charge in [-0.15, -0.1) is 0 Å². The van der Waals surface area contributed by atoms with E-state index in [-0.39, 0.29) is 48.1 Å². The molecule has 0 radical (unpaired) electrons. The van der Waals surface area contributed by atoms with Crippen molar-refractivity contribution < 1.29 is 14.4 Å². The standard InChI is InChI=1S/C20H19ClN2O3/c1-10(24)22(16-5-3-2-4-15(16)21)9-23-19(25)17-11-6-7-12(14-8-13(11)14)18(17)20(23)26/h2-7,11-14,17-18H,8-9H2,1H3/t11-,12-,13-,14+,17-,18+/m1/s1. The minimum atomic E-state index is -0.252. The van der Waals surface area contributed by atoms with Crippen molar-refractivity contribution in [3.8, 4) is 0 Å². The minimum absolute atomic E-state index is 0.0709. The Morgan fingerprint density at radius 2 is 1.69 bits per heavy atom. The number of anilines is 1. The molecule has 4 aliphatic carbocycles. The molecule has 0 aromatic heterocycles. The Bertz CT molecular complexity index is 830. The predicted molar refractivity (Wildman–Crippen MR) is 96.0 cm³/mol. The van der Waals surface area contributed by atoms with Crippen LogP contribution in [0.15, 0.2) is 36.4 Å². The first-order valence-corrected chi connectivity index (χ1v) is 9.43. The largest absolute Gasteiger partial charge is 0.292 e. The average Bonchev–Trinajstić information content (AvgIpc) is 3.40. The van der Waals surface area contributed by atoms with Gasteiger partial charge in [0.2, 0.25) is 17.7 Å². The van der Waals surface area contributed by atoms with Crippen molar-refractivity contribution in [2.24, 2.45) is 35.5 Å². The summed E-state index contributed by atoms with van der Waals surface area (Å²) >= 11 is 6.23. The van der Waals surface area contributed by atoms with E-state index in [1.807, 2.05) is 0 Å². The highest BCUT2D eigenvalue weighted by Gasteiger charge is 2.67. The summed E-state index contributed by atoms with van der Waals surface area (Å²) in [6.07, 6.45) is 5.42. The summed E-state index contributed by atoms with van der Waals surface area (Å²) < 4.78 is 0. The fraction of sp³-hybridized carbons (Fsp3) is 0.450. The molecule has 1 aliphatic heterocycles. The van der Waals surface area contributed by atoms with Gasteiger partial charge in [0.1, 0.15) is 6.67 Å². The molecular weight excluding hydrogens is 352 g/mol. The molecular formula is C20H19ClN2O3. The number of carbonyl (C=O) groups excluding carboxylic acids is 3. The Labute approximate surface area is 156 Å². The summed E-state index contributed by atoms with van der Waals surface area (Å²) in [5.74, 6) is 0.474. The number of carbonyl (C=O) groups is 3. The molecule has 3 fully saturated rings. The van der Waals surface area contributed by atoms with Gasteiger partial charge in [-0.3, -0.25) is 24.2 Å². The maximum absolute atomic E-state index is 13.1. The number of imide groups is 1. The minimum Gasteiger partial charge on any atom is -0.292 e. The molecule has 1 aromatic rings. The van der Waals surface area contributed by atoms with Gasteiger partial charge in [-0.1, -0.05) is 35.9 Å². The molecule has 2 saturated carbocycles. The van der Waals surface area contributed by atoms with Gasteiger partial charge in [0, 0.05) is 6.92 Å². The second-order valence-corrected chi connectivity index (χ2v) is 8.21. The number of hydrogen-bond donors (Lipinski definition) is 0. The van der Waals surface area contributed by atoms with Crippen LogP contribution in [0.4, 0.5) is 5.69 Å². The lowest BCUT2D eigenvalue weighted by molar-refractivity contribution is -0.140. The van der Waals surface area contributed by atoms with Crippen LogP contribution >= 0.6 is 11.6 Å². The number of likely N-dealkylation sites (tertiary alicyclic amines) is 1. The Morgan fingerprint density at radius 1 is 1.12 bits per heavy atom. The summed E-state index contributed by atoms with van der Waals surface area (Å²) in [5.41, 5.74) is 0.515. The molecule has 5 aliphatic rings. The second kappa shape index (κ2) is 5.43. The Kier molecular flexibility index (Phi) is 3.35. The van der Waals surface area contributed by atoms with Gasteiger partial charge in [0.15, 0.2) is 0 Å². The molecule has 3 amide bonds. The number of rotatable bonds is 3. The van der Waals surface area contributed by atoms with Crippen LogP contribution in [0.3, 0.4) is 0 Å². The zero-order valence-corrected chi connectivity index (χ0v) is 15.1. The first kappa shape index (κ1) is 16.1. The van der Waals surface area contributed by atoms with E-state index < -0.39 is 0 Å². The molecule has 0 unspecified atom stereocenters. The fourth-order valence-electron chi connectivity index (χ4n) is 5.32. The Morgan fingerprint density at radius 3 is 2.23 bits per heavy atom. The molecule has 5 nitrogen and oxygen atoms in total. The predicted octanol–water partition coefficient (Wildman–Crippen LogP) is 2.70. The average molecular weight is 371 g/mol. The second-order valence-electron chi connectivity index (χ2n) is 7.80. The maximum atomic E-state index is 13.1. The molecule has 1 saturated heterocycles. The molecule has 1 aromatic carbocycles. The lowest BCUT2D eigenvalue weighted by Gasteiger charge is -2.37. The van der Waals surface area contributed by atoms with E-state index in [0.717, 1.165) is 6.42 Å². The SMILES string of the molecule is CC(=O)N(CN1C(=O)[C@@H]2[C@@H]3C=C[C@H]([C@@H]4C[C@H]34)[C@@H]2C1=O)c1ccccc1Cl. The summed E-state index contributed by atoms with van der Waals surface area (Å²) in [4.78, 5) is 41.1. The highest BCUT2D eigenvalue weighted by molar-refractivity contribution is 6.33. The molecule has 1 heterocycles. The van der Waals surface area contributed by atoms with Crippen LogP contribution in [-0.4, -0.2) is 29.3 Å². The lowest BCUT2D eigenvalue weighted by Crippen LogP contribution is -2.44. The number of allylic oxidation sites excluding steroid dienone is 2. The van der Waals surface area contributed by atoms with Crippen molar-refractivity contribution in [2.45, 2.75) is 13.3 Å². The first-order chi connectivity index (χ1) is 12.5. The van der Waals surface area contributed by atoms with E-state index in [1.165, 1.54) is 16.7 Å². The summed E-state index contributed by atoms with van der Waals surface area (Å²) in [6.45, 7) is 1.35.